The van der Waals surface area contributed by atoms with Gasteiger partial charge in [-0.1, -0.05) is 36.4 Å². The fraction of sp³-hybridized carbons (Fsp3) is 0.294. The summed E-state index contributed by atoms with van der Waals surface area (Å²) in [7, 11) is -1.45. The molecule has 1 unspecified atom stereocenters. The van der Waals surface area contributed by atoms with E-state index in [4.69, 9.17) is 4.74 Å². The Kier molecular flexibility index (Phi) is 4.27. The summed E-state index contributed by atoms with van der Waals surface area (Å²) in [5.74, 6) is 1.10. The molecule has 0 amide bonds. The molecule has 0 aromatic heterocycles. The van der Waals surface area contributed by atoms with Crippen LogP contribution in [-0.4, -0.2) is 23.8 Å². The van der Waals surface area contributed by atoms with E-state index in [1.807, 2.05) is 6.07 Å². The van der Waals surface area contributed by atoms with Gasteiger partial charge in [-0.2, -0.15) is 0 Å². The van der Waals surface area contributed by atoms with Crippen LogP contribution in [0.15, 0.2) is 48.5 Å². The Labute approximate surface area is 125 Å². The summed E-state index contributed by atoms with van der Waals surface area (Å²) in [6, 6.07) is 15.5. The minimum Gasteiger partial charge on any atom is -0.493 e. The number of aryl methyl sites for hydroxylation is 1. The Hall–Kier alpha value is -1.78. The molecule has 0 saturated heterocycles. The second kappa shape index (κ2) is 6.33. The van der Waals surface area contributed by atoms with E-state index in [0.717, 1.165) is 12.8 Å². The summed E-state index contributed by atoms with van der Waals surface area (Å²) in [4.78, 5) is 0. The minimum atomic E-state index is -1.45. The summed E-state index contributed by atoms with van der Waals surface area (Å²) >= 11 is 0. The summed E-state index contributed by atoms with van der Waals surface area (Å²) in [5.41, 5.74) is 3.27. The van der Waals surface area contributed by atoms with Crippen LogP contribution >= 0.6 is 0 Å². The van der Waals surface area contributed by atoms with Gasteiger partial charge in [0.25, 0.3) is 0 Å². The van der Waals surface area contributed by atoms with Crippen molar-refractivity contribution in [1.29, 1.82) is 0 Å². The molecule has 2 N–H and O–H groups in total. The molecular formula is C17H19BO3. The fourth-order valence-electron chi connectivity index (χ4n) is 2.99. The molecule has 3 nitrogen and oxygen atoms in total. The monoisotopic (exact) mass is 282 g/mol. The van der Waals surface area contributed by atoms with Crippen LogP contribution in [0.4, 0.5) is 0 Å². The smallest absolute Gasteiger partial charge is 0.488 e. The molecule has 0 saturated carbocycles. The van der Waals surface area contributed by atoms with Crippen LogP contribution in [0, 0.1) is 0 Å². The highest BCUT2D eigenvalue weighted by molar-refractivity contribution is 6.58. The standard InChI is InChI=1S/C17H19BO3/c19-18(20)15-8-4-9-16(11-15)21-12-14-7-3-6-13-5-1-2-10-17(13)14/h1-2,4-5,8-11,14,19-20H,3,6-7,12H2. The normalized spacial score (nSPS) is 17.1. The topological polar surface area (TPSA) is 49.7 Å². The number of fused-ring (bicyclic) bond motifs is 1. The van der Waals surface area contributed by atoms with Crippen LogP contribution in [0.2, 0.25) is 0 Å². The number of rotatable bonds is 4. The van der Waals surface area contributed by atoms with Gasteiger partial charge < -0.3 is 14.8 Å². The maximum absolute atomic E-state index is 9.20. The van der Waals surface area contributed by atoms with Gasteiger partial charge in [-0.25, -0.2) is 0 Å². The third kappa shape index (κ3) is 3.28. The molecule has 0 fully saturated rings. The maximum atomic E-state index is 9.20. The van der Waals surface area contributed by atoms with E-state index in [9.17, 15) is 10.0 Å². The second-order valence-corrected chi connectivity index (χ2v) is 5.55. The van der Waals surface area contributed by atoms with E-state index < -0.39 is 7.12 Å². The first-order valence-corrected chi connectivity index (χ1v) is 7.41. The SMILES string of the molecule is OB(O)c1cccc(OCC2CCCc3ccccc32)c1. The number of hydrogen-bond acceptors (Lipinski definition) is 3. The van der Waals surface area contributed by atoms with Gasteiger partial charge in [0.2, 0.25) is 0 Å². The third-order valence-corrected chi connectivity index (χ3v) is 4.10. The summed E-state index contributed by atoms with van der Waals surface area (Å²) in [5, 5.41) is 18.4. The number of hydrogen-bond donors (Lipinski definition) is 2. The van der Waals surface area contributed by atoms with Gasteiger partial charge in [0.1, 0.15) is 5.75 Å². The summed E-state index contributed by atoms with van der Waals surface area (Å²) in [6.45, 7) is 0.627. The molecule has 21 heavy (non-hydrogen) atoms. The van der Waals surface area contributed by atoms with Gasteiger partial charge in [0.15, 0.2) is 0 Å². The van der Waals surface area contributed by atoms with Gasteiger partial charge in [0, 0.05) is 5.92 Å². The van der Waals surface area contributed by atoms with E-state index in [0.29, 0.717) is 23.7 Å². The van der Waals surface area contributed by atoms with Crippen molar-refractivity contribution in [2.75, 3.05) is 6.61 Å². The number of ether oxygens (including phenoxy) is 1. The fourth-order valence-corrected chi connectivity index (χ4v) is 2.99. The lowest BCUT2D eigenvalue weighted by Crippen LogP contribution is -2.29. The predicted molar refractivity (Wildman–Crippen MR) is 83.9 cm³/mol. The van der Waals surface area contributed by atoms with Crippen molar-refractivity contribution >= 4 is 12.6 Å². The predicted octanol–water partition coefficient (Wildman–Crippen LogP) is 1.87. The molecule has 1 aliphatic carbocycles. The first-order chi connectivity index (χ1) is 10.2. The molecule has 108 valence electrons. The van der Waals surface area contributed by atoms with Crippen molar-refractivity contribution in [3.05, 3.63) is 59.7 Å². The van der Waals surface area contributed by atoms with Gasteiger partial charge in [-0.15, -0.1) is 0 Å². The molecule has 0 radical (unpaired) electrons. The van der Waals surface area contributed by atoms with E-state index in [1.54, 1.807) is 18.2 Å². The van der Waals surface area contributed by atoms with Gasteiger partial charge in [-0.05, 0) is 48.0 Å². The van der Waals surface area contributed by atoms with E-state index >= 15 is 0 Å². The molecule has 3 rings (SSSR count). The quantitative estimate of drug-likeness (QED) is 0.842. The zero-order valence-electron chi connectivity index (χ0n) is 11.9. The lowest BCUT2D eigenvalue weighted by molar-refractivity contribution is 0.274. The highest BCUT2D eigenvalue weighted by atomic mass is 16.5. The van der Waals surface area contributed by atoms with Crippen molar-refractivity contribution < 1.29 is 14.8 Å². The van der Waals surface area contributed by atoms with Gasteiger partial charge >= 0.3 is 7.12 Å². The molecule has 4 heteroatoms. The molecule has 2 aromatic rings. The van der Waals surface area contributed by atoms with E-state index in [-0.39, 0.29) is 0 Å². The lowest BCUT2D eigenvalue weighted by atomic mass is 9.80. The van der Waals surface area contributed by atoms with Gasteiger partial charge in [-0.3, -0.25) is 0 Å². The average Bonchev–Trinajstić information content (AvgIpc) is 2.53. The van der Waals surface area contributed by atoms with E-state index in [1.165, 1.54) is 17.5 Å². The zero-order chi connectivity index (χ0) is 14.7. The van der Waals surface area contributed by atoms with Crippen molar-refractivity contribution in [2.45, 2.75) is 25.2 Å². The lowest BCUT2D eigenvalue weighted by Gasteiger charge is -2.25. The Bertz CT molecular complexity index is 612. The minimum absolute atomic E-state index is 0.414. The highest BCUT2D eigenvalue weighted by Crippen LogP contribution is 2.31. The van der Waals surface area contributed by atoms with Crippen LogP contribution in [-0.2, 0) is 6.42 Å². The Morgan fingerprint density at radius 1 is 1.10 bits per heavy atom. The largest absolute Gasteiger partial charge is 0.493 e. The average molecular weight is 282 g/mol. The van der Waals surface area contributed by atoms with Gasteiger partial charge in [0.05, 0.1) is 6.61 Å². The molecule has 0 spiro atoms. The first-order valence-electron chi connectivity index (χ1n) is 7.41. The summed E-state index contributed by atoms with van der Waals surface area (Å²) < 4.78 is 5.87. The molecule has 1 aliphatic rings. The Balaban J connectivity index is 1.70. The van der Waals surface area contributed by atoms with Crippen molar-refractivity contribution in [1.82, 2.24) is 0 Å². The van der Waals surface area contributed by atoms with Crippen molar-refractivity contribution in [3.8, 4) is 5.75 Å². The molecule has 1 atom stereocenters. The molecule has 0 heterocycles. The Morgan fingerprint density at radius 2 is 1.95 bits per heavy atom. The highest BCUT2D eigenvalue weighted by Gasteiger charge is 2.20. The Morgan fingerprint density at radius 3 is 2.81 bits per heavy atom. The first kappa shape index (κ1) is 14.2. The number of benzene rings is 2. The van der Waals surface area contributed by atoms with Crippen LogP contribution < -0.4 is 10.2 Å². The van der Waals surface area contributed by atoms with Crippen LogP contribution in [0.3, 0.4) is 0 Å². The molecule has 2 aromatic carbocycles. The van der Waals surface area contributed by atoms with Crippen LogP contribution in [0.25, 0.3) is 0 Å². The third-order valence-electron chi connectivity index (χ3n) is 4.10. The maximum Gasteiger partial charge on any atom is 0.488 e. The molecular weight excluding hydrogens is 263 g/mol. The second-order valence-electron chi connectivity index (χ2n) is 5.55. The van der Waals surface area contributed by atoms with Crippen LogP contribution in [0.5, 0.6) is 5.75 Å². The zero-order valence-corrected chi connectivity index (χ0v) is 11.9. The van der Waals surface area contributed by atoms with E-state index in [2.05, 4.69) is 24.3 Å². The van der Waals surface area contributed by atoms with Crippen LogP contribution in [0.1, 0.15) is 29.9 Å². The van der Waals surface area contributed by atoms with Crippen molar-refractivity contribution in [2.24, 2.45) is 0 Å². The summed E-state index contributed by atoms with van der Waals surface area (Å²) in [6.07, 6.45) is 3.48. The molecule has 0 bridgehead atoms. The van der Waals surface area contributed by atoms with Crippen molar-refractivity contribution in [3.63, 3.8) is 0 Å². The molecule has 0 aliphatic heterocycles.